The number of aldehydes is 1. The van der Waals surface area contributed by atoms with Gasteiger partial charge < -0.3 is 74.7 Å². The fourth-order valence-electron chi connectivity index (χ4n) is 10.5. The van der Waals surface area contributed by atoms with E-state index in [0.29, 0.717) is 35.2 Å². The van der Waals surface area contributed by atoms with Gasteiger partial charge >= 0.3 is 0 Å². The van der Waals surface area contributed by atoms with Crippen LogP contribution in [0.3, 0.4) is 0 Å². The van der Waals surface area contributed by atoms with Crippen LogP contribution in [0, 0.1) is 11.8 Å². The molecule has 12 atom stereocenters. The van der Waals surface area contributed by atoms with Gasteiger partial charge in [0.25, 0.3) is 0 Å². The lowest BCUT2D eigenvalue weighted by Gasteiger charge is -2.43. The van der Waals surface area contributed by atoms with Crippen molar-refractivity contribution in [3.8, 4) is 11.5 Å². The summed E-state index contributed by atoms with van der Waals surface area (Å²) >= 11 is 0. The Hall–Kier alpha value is -5.90. The highest BCUT2D eigenvalue weighted by molar-refractivity contribution is 6.29. The van der Waals surface area contributed by atoms with E-state index in [9.17, 15) is 45.4 Å². The maximum absolute atomic E-state index is 15.1. The summed E-state index contributed by atoms with van der Waals surface area (Å²) in [4.78, 5) is 57.0. The number of anilines is 1. The van der Waals surface area contributed by atoms with Gasteiger partial charge in [0.05, 0.1) is 51.4 Å². The van der Waals surface area contributed by atoms with Gasteiger partial charge in [-0.25, -0.2) is 0 Å². The van der Waals surface area contributed by atoms with Gasteiger partial charge in [-0.15, -0.1) is 0 Å². The lowest BCUT2D eigenvalue weighted by atomic mass is 9.74. The minimum absolute atomic E-state index is 0.0338. The maximum atomic E-state index is 15.1. The van der Waals surface area contributed by atoms with E-state index in [2.05, 4.69) is 21.3 Å². The molecule has 0 spiro atoms. The molecule has 3 saturated heterocycles. The van der Waals surface area contributed by atoms with E-state index < -0.39 is 104 Å². The van der Waals surface area contributed by atoms with Gasteiger partial charge in [-0.3, -0.25) is 41.4 Å². The van der Waals surface area contributed by atoms with Crippen molar-refractivity contribution in [1.82, 2.24) is 26.7 Å². The predicted molar refractivity (Wildman–Crippen MR) is 255 cm³/mol. The molecule has 1 amide bonds. The van der Waals surface area contributed by atoms with E-state index in [1.54, 1.807) is 18.2 Å². The highest BCUT2D eigenvalue weighted by Gasteiger charge is 2.50. The number of dihydropyridines is 1. The van der Waals surface area contributed by atoms with Crippen LogP contribution in [0.5, 0.6) is 11.5 Å². The number of aliphatic hydroxyl groups is 6. The molecule has 392 valence electrons. The van der Waals surface area contributed by atoms with Gasteiger partial charge in [0.15, 0.2) is 23.1 Å². The van der Waals surface area contributed by atoms with Gasteiger partial charge in [-0.2, -0.15) is 0 Å². The number of ketones is 2. The van der Waals surface area contributed by atoms with Crippen molar-refractivity contribution in [2.75, 3.05) is 57.8 Å². The molecular weight excluding hydrogens is 955 g/mol. The number of carbonyl (C=O) groups is 4. The molecule has 14 N–H and O–H groups in total. The largest absolute Gasteiger partial charge is 0.486 e. The molecule has 12 unspecified atom stereocenters. The summed E-state index contributed by atoms with van der Waals surface area (Å²) in [5.41, 5.74) is 10.2. The zero-order valence-corrected chi connectivity index (χ0v) is 39.6. The van der Waals surface area contributed by atoms with Crippen molar-refractivity contribution in [2.45, 2.75) is 87.1 Å². The topological polar surface area (TPSA) is 345 Å². The Morgan fingerprint density at radius 2 is 1.79 bits per heavy atom. The monoisotopic (exact) mass is 1020 g/mol. The number of hydroxylamine groups is 1. The summed E-state index contributed by atoms with van der Waals surface area (Å²) in [5.74, 6) is -4.22. The number of nitrogens with zero attached hydrogens (tertiary/aromatic N) is 1. The van der Waals surface area contributed by atoms with Crippen LogP contribution in [-0.2, 0) is 30.4 Å². The van der Waals surface area contributed by atoms with Crippen molar-refractivity contribution in [3.63, 3.8) is 0 Å². The number of aliphatic hydroxyl groups excluding tert-OH is 6. The molecule has 0 aromatic heterocycles. The van der Waals surface area contributed by atoms with Gasteiger partial charge in [0.2, 0.25) is 12.2 Å². The smallest absolute Gasteiger partial charge is 0.242 e. The first-order valence-electron chi connectivity index (χ1n) is 24.2. The van der Waals surface area contributed by atoms with E-state index in [1.807, 2.05) is 28.6 Å². The van der Waals surface area contributed by atoms with Crippen molar-refractivity contribution in [3.05, 3.63) is 111 Å². The Kier molecular flexibility index (Phi) is 16.2. The third kappa shape index (κ3) is 10.3. The van der Waals surface area contributed by atoms with Crippen LogP contribution >= 0.6 is 0 Å². The van der Waals surface area contributed by atoms with Gasteiger partial charge in [0.1, 0.15) is 61.6 Å². The number of rotatable bonds is 17. The number of nitrogens with one attached hydrogen (secondary N) is 5. The zero-order valence-electron chi connectivity index (χ0n) is 39.6. The van der Waals surface area contributed by atoms with E-state index in [0.717, 1.165) is 0 Å². The third-order valence-electron chi connectivity index (χ3n) is 14.2. The number of nitrogens with two attached hydrogens (primary N) is 1. The van der Waals surface area contributed by atoms with Gasteiger partial charge in [0, 0.05) is 59.3 Å². The van der Waals surface area contributed by atoms with Crippen LogP contribution in [0.25, 0.3) is 0 Å². The second-order valence-electron chi connectivity index (χ2n) is 18.8. The molecule has 2 bridgehead atoms. The Bertz CT molecular complexity index is 2620. The number of amides is 1. The normalized spacial score (nSPS) is 28.5. The van der Waals surface area contributed by atoms with Gasteiger partial charge in [-0.1, -0.05) is 30.3 Å². The Labute approximate surface area is 418 Å². The number of carbonyl (C=O) groups excluding carboxylic acids is 4. The molecule has 3 aromatic carbocycles. The second kappa shape index (κ2) is 22.7. The minimum atomic E-state index is -1.74. The number of para-hydroxylation sites is 1. The van der Waals surface area contributed by atoms with Crippen molar-refractivity contribution < 1.29 is 78.7 Å². The number of fused-ring (bicyclic) bond motifs is 6. The SMILES string of the molecule is NC1NC(=O)C2NCN(c3ccccc3C3c4cc5c(c(OCC(O)CC=O)c4OC4OC(COCC3CCCO)C(O)C(O)C4OCC(CO)C3=CCNC(NO)=C3)C(=O)c3cc(CO)ccc3C5=O)C2N1. The molecule has 9 rings (SSSR count). The Morgan fingerprint density at radius 3 is 2.56 bits per heavy atom. The van der Waals surface area contributed by atoms with Crippen LogP contribution in [0.2, 0.25) is 0 Å². The lowest BCUT2D eigenvalue weighted by Crippen LogP contribution is -2.70. The summed E-state index contributed by atoms with van der Waals surface area (Å²) < 4.78 is 32.8. The van der Waals surface area contributed by atoms with Crippen LogP contribution in [0.4, 0.5) is 5.69 Å². The fourth-order valence-corrected chi connectivity index (χ4v) is 10.5. The van der Waals surface area contributed by atoms with E-state index >= 15 is 9.59 Å². The lowest BCUT2D eigenvalue weighted by molar-refractivity contribution is -0.291. The summed E-state index contributed by atoms with van der Waals surface area (Å²) in [5, 5.41) is 87.6. The number of benzene rings is 3. The number of ether oxygens (including phenoxy) is 5. The fraction of sp³-hybridized carbons (Fsp3) is 0.480. The molecule has 1 aliphatic carbocycles. The summed E-state index contributed by atoms with van der Waals surface area (Å²) in [6.45, 7) is -1.92. The molecule has 5 heterocycles. The number of allylic oxidation sites excluding steroid dienone is 1. The first-order chi connectivity index (χ1) is 35.4. The second-order valence-corrected chi connectivity index (χ2v) is 18.8. The molecule has 5 aliphatic heterocycles. The molecule has 6 aliphatic rings. The van der Waals surface area contributed by atoms with Gasteiger partial charge in [-0.05, 0) is 65.8 Å². The highest BCUT2D eigenvalue weighted by atomic mass is 16.7. The quantitative estimate of drug-likeness (QED) is 0.0403. The predicted octanol–water partition coefficient (Wildman–Crippen LogP) is -1.97. The first kappa shape index (κ1) is 52.0. The third-order valence-corrected chi connectivity index (χ3v) is 14.2. The highest BCUT2D eigenvalue weighted by Crippen LogP contribution is 2.52. The molecular formula is C50H61N7O16. The molecule has 23 heteroatoms. The average molecular weight is 1020 g/mol. The molecule has 3 aromatic rings. The Morgan fingerprint density at radius 1 is 0.973 bits per heavy atom. The van der Waals surface area contributed by atoms with Crippen LogP contribution in [-0.4, -0.2) is 168 Å². The standard InChI is InChI=1S/C50H61N7O16/c51-50-54-47-39(48(67)55-50)53-23-57(47)34-6-2-1-5-30(34)37-26(4-3-12-58)19-69-22-35-42(65)43(66)46(70-20-27(18-61)25-9-11-52-36(15-25)56-68)49(72-35)73-44-33(37)16-32-38(45(44)71-21-28(62)10-13-59)41(64)31-14-24(17-60)7-8-29(31)40(32)63/h1-2,5-9,13-16,26-28,35,37,39,42-43,46-47,49-50,52-54,56,58,60-62,65-66,68H,3-4,10-12,17-23,51H2,(H,55,67). The Balaban J connectivity index is 1.27. The minimum Gasteiger partial charge on any atom is -0.486 e. The van der Waals surface area contributed by atoms with Crippen molar-refractivity contribution in [1.29, 1.82) is 0 Å². The van der Waals surface area contributed by atoms with Crippen molar-refractivity contribution >= 4 is 29.4 Å². The van der Waals surface area contributed by atoms with E-state index in [1.165, 1.54) is 24.3 Å². The first-order valence-corrected chi connectivity index (χ1v) is 24.2. The summed E-state index contributed by atoms with van der Waals surface area (Å²) in [6.07, 6.45) is -6.87. The van der Waals surface area contributed by atoms with Crippen LogP contribution < -0.4 is 46.9 Å². The molecule has 23 nitrogen and oxygen atoms in total. The summed E-state index contributed by atoms with van der Waals surface area (Å²) in [6, 6.07) is 12.5. The average Bonchev–Trinajstić information content (AvgIpc) is 3.82. The summed E-state index contributed by atoms with van der Waals surface area (Å²) in [7, 11) is 0. The maximum Gasteiger partial charge on any atom is 0.242 e. The van der Waals surface area contributed by atoms with Crippen LogP contribution in [0.15, 0.2) is 72.1 Å². The molecule has 3 fully saturated rings. The number of hydrogen-bond donors (Lipinski definition) is 13. The van der Waals surface area contributed by atoms with Crippen LogP contribution in [0.1, 0.15) is 73.7 Å². The molecule has 73 heavy (non-hydrogen) atoms. The van der Waals surface area contributed by atoms with E-state index in [4.69, 9.17) is 29.4 Å². The molecule has 0 saturated carbocycles. The van der Waals surface area contributed by atoms with E-state index in [-0.39, 0.29) is 103 Å². The number of hydrogen-bond acceptors (Lipinski definition) is 22. The zero-order chi connectivity index (χ0) is 51.5. The molecule has 0 radical (unpaired) electrons. The van der Waals surface area contributed by atoms with Crippen molar-refractivity contribution in [2.24, 2.45) is 17.6 Å².